The first kappa shape index (κ1) is 15.6. The number of furan rings is 1. The molecule has 0 aliphatic rings. The molecule has 0 unspecified atom stereocenters. The molecule has 1 aromatic carbocycles. The maximum absolute atomic E-state index is 12.3. The predicted octanol–water partition coefficient (Wildman–Crippen LogP) is 1.57. The van der Waals surface area contributed by atoms with Crippen molar-refractivity contribution in [1.82, 2.24) is 4.72 Å². The number of sulfonamides is 1. The number of hydrogen-bond acceptors (Lipinski definition) is 5. The first-order valence-corrected chi connectivity index (χ1v) is 7.78. The van der Waals surface area contributed by atoms with Crippen molar-refractivity contribution in [3.8, 4) is 5.75 Å². The van der Waals surface area contributed by atoms with E-state index in [0.717, 1.165) is 5.56 Å². The van der Waals surface area contributed by atoms with Gasteiger partial charge >= 0.3 is 0 Å². The summed E-state index contributed by atoms with van der Waals surface area (Å²) in [5, 5.41) is 8.99. The monoisotopic (exact) mass is 311 g/mol. The van der Waals surface area contributed by atoms with Crippen molar-refractivity contribution in [2.75, 3.05) is 7.11 Å². The number of nitrogens with one attached hydrogen (secondary N) is 1. The molecule has 0 radical (unpaired) electrons. The van der Waals surface area contributed by atoms with Crippen LogP contribution in [0.1, 0.15) is 17.1 Å². The maximum atomic E-state index is 12.3. The second kappa shape index (κ2) is 6.30. The average Bonchev–Trinajstić information content (AvgIpc) is 2.87. The Bertz CT molecular complexity index is 721. The lowest BCUT2D eigenvalue weighted by Crippen LogP contribution is -2.23. The van der Waals surface area contributed by atoms with Gasteiger partial charge in [-0.05, 0) is 13.0 Å². The fourth-order valence-electron chi connectivity index (χ4n) is 1.97. The van der Waals surface area contributed by atoms with Gasteiger partial charge in [0, 0.05) is 18.2 Å². The molecule has 0 atom stereocenters. The smallest absolute Gasteiger partial charge is 0.244 e. The fraction of sp³-hybridized carbons (Fsp3) is 0.286. The summed E-state index contributed by atoms with van der Waals surface area (Å²) >= 11 is 0. The van der Waals surface area contributed by atoms with E-state index in [1.807, 2.05) is 6.07 Å². The molecule has 0 fully saturated rings. The van der Waals surface area contributed by atoms with Crippen LogP contribution in [0.25, 0.3) is 0 Å². The van der Waals surface area contributed by atoms with Crippen molar-refractivity contribution >= 4 is 10.0 Å². The topological polar surface area (TPSA) is 88.8 Å². The lowest BCUT2D eigenvalue weighted by Gasteiger charge is -2.09. The van der Waals surface area contributed by atoms with E-state index in [2.05, 4.69) is 4.72 Å². The summed E-state index contributed by atoms with van der Waals surface area (Å²) in [7, 11) is -2.18. The third kappa shape index (κ3) is 3.44. The SMILES string of the molecule is COc1ccccc1CNS(=O)(=O)c1cc(CO)oc1C. The van der Waals surface area contributed by atoms with Gasteiger partial charge in [0.05, 0.1) is 7.11 Å². The van der Waals surface area contributed by atoms with Crippen molar-refractivity contribution in [3.05, 3.63) is 47.4 Å². The molecule has 7 heteroatoms. The summed E-state index contributed by atoms with van der Waals surface area (Å²) in [5.41, 5.74) is 0.729. The second-order valence-electron chi connectivity index (χ2n) is 4.43. The molecule has 0 saturated carbocycles. The molecule has 0 bridgehead atoms. The van der Waals surface area contributed by atoms with Crippen molar-refractivity contribution in [2.45, 2.75) is 25.0 Å². The highest BCUT2D eigenvalue weighted by atomic mass is 32.2. The highest BCUT2D eigenvalue weighted by Gasteiger charge is 2.21. The first-order valence-electron chi connectivity index (χ1n) is 6.29. The Morgan fingerprint density at radius 2 is 2.05 bits per heavy atom. The zero-order valence-electron chi connectivity index (χ0n) is 11.8. The van der Waals surface area contributed by atoms with Crippen molar-refractivity contribution < 1.29 is 22.7 Å². The third-order valence-corrected chi connectivity index (χ3v) is 4.52. The Labute approximate surface area is 123 Å². The average molecular weight is 311 g/mol. The van der Waals surface area contributed by atoms with E-state index in [0.29, 0.717) is 5.75 Å². The quantitative estimate of drug-likeness (QED) is 0.845. The Morgan fingerprint density at radius 1 is 1.33 bits per heavy atom. The van der Waals surface area contributed by atoms with Gasteiger partial charge in [0.15, 0.2) is 0 Å². The molecule has 6 nitrogen and oxygen atoms in total. The van der Waals surface area contributed by atoms with Gasteiger partial charge in [-0.25, -0.2) is 13.1 Å². The van der Waals surface area contributed by atoms with E-state index in [4.69, 9.17) is 14.3 Å². The Kier molecular flexibility index (Phi) is 4.66. The minimum absolute atomic E-state index is 0.0291. The zero-order valence-corrected chi connectivity index (χ0v) is 12.6. The van der Waals surface area contributed by atoms with Crippen LogP contribution >= 0.6 is 0 Å². The van der Waals surface area contributed by atoms with Crippen LogP contribution in [0.3, 0.4) is 0 Å². The van der Waals surface area contributed by atoms with Crippen LogP contribution in [0, 0.1) is 6.92 Å². The van der Waals surface area contributed by atoms with E-state index >= 15 is 0 Å². The number of aliphatic hydroxyl groups excluding tert-OH is 1. The molecule has 2 rings (SSSR count). The van der Waals surface area contributed by atoms with Crippen LogP contribution in [0.2, 0.25) is 0 Å². The van der Waals surface area contributed by atoms with Gasteiger partial charge in [0.2, 0.25) is 10.0 Å². The number of hydrogen-bond donors (Lipinski definition) is 2. The minimum atomic E-state index is -3.71. The van der Waals surface area contributed by atoms with Gasteiger partial charge < -0.3 is 14.3 Å². The molecule has 2 N–H and O–H groups in total. The van der Waals surface area contributed by atoms with E-state index in [1.165, 1.54) is 20.1 Å². The summed E-state index contributed by atoms with van der Waals surface area (Å²) in [4.78, 5) is 0.0291. The summed E-state index contributed by atoms with van der Waals surface area (Å²) in [6, 6.07) is 8.48. The molecule has 0 spiro atoms. The largest absolute Gasteiger partial charge is 0.496 e. The first-order chi connectivity index (χ1) is 9.97. The highest BCUT2D eigenvalue weighted by molar-refractivity contribution is 7.89. The van der Waals surface area contributed by atoms with Crippen molar-refractivity contribution in [1.29, 1.82) is 0 Å². The van der Waals surface area contributed by atoms with Crippen LogP contribution < -0.4 is 9.46 Å². The Morgan fingerprint density at radius 3 is 2.67 bits per heavy atom. The van der Waals surface area contributed by atoms with Crippen LogP contribution in [0.15, 0.2) is 39.6 Å². The summed E-state index contributed by atoms with van der Waals surface area (Å²) in [5.74, 6) is 1.07. The van der Waals surface area contributed by atoms with E-state index in [-0.39, 0.29) is 29.6 Å². The maximum Gasteiger partial charge on any atom is 0.244 e. The second-order valence-corrected chi connectivity index (χ2v) is 6.16. The van der Waals surface area contributed by atoms with E-state index in [1.54, 1.807) is 18.2 Å². The molecule has 0 aliphatic heterocycles. The summed E-state index contributed by atoms with van der Waals surface area (Å²) in [6.07, 6.45) is 0. The normalized spacial score (nSPS) is 11.6. The number of aliphatic hydroxyl groups is 1. The van der Waals surface area contributed by atoms with Crippen LogP contribution in [-0.2, 0) is 23.2 Å². The number of benzene rings is 1. The number of ether oxygens (including phenoxy) is 1. The molecule has 0 saturated heterocycles. The zero-order chi connectivity index (χ0) is 15.5. The lowest BCUT2D eigenvalue weighted by atomic mass is 10.2. The summed E-state index contributed by atoms with van der Waals surface area (Å²) < 4.78 is 37.3. The molecular weight excluding hydrogens is 294 g/mol. The molecule has 1 aromatic heterocycles. The van der Waals surface area contributed by atoms with Crippen molar-refractivity contribution in [2.24, 2.45) is 0 Å². The van der Waals surface area contributed by atoms with Gasteiger partial charge in [-0.3, -0.25) is 0 Å². The molecule has 0 amide bonds. The highest BCUT2D eigenvalue weighted by Crippen LogP contribution is 2.21. The number of aryl methyl sites for hydroxylation is 1. The van der Waals surface area contributed by atoms with Crippen LogP contribution in [0.5, 0.6) is 5.75 Å². The summed E-state index contributed by atoms with van der Waals surface area (Å²) in [6.45, 7) is 1.30. The number of para-hydroxylation sites is 1. The van der Waals surface area contributed by atoms with Gasteiger partial charge in [-0.2, -0.15) is 0 Å². The third-order valence-electron chi connectivity index (χ3n) is 3.01. The molecule has 1 heterocycles. The van der Waals surface area contributed by atoms with Gasteiger partial charge in [0.25, 0.3) is 0 Å². The van der Waals surface area contributed by atoms with Crippen LogP contribution in [0.4, 0.5) is 0 Å². The standard InChI is InChI=1S/C14H17NO5S/c1-10-14(7-12(9-16)20-10)21(17,18)15-8-11-5-3-4-6-13(11)19-2/h3-7,15-16H,8-9H2,1-2H3. The Hall–Kier alpha value is -1.83. The molecule has 114 valence electrons. The van der Waals surface area contributed by atoms with Crippen molar-refractivity contribution in [3.63, 3.8) is 0 Å². The van der Waals surface area contributed by atoms with E-state index in [9.17, 15) is 8.42 Å². The van der Waals surface area contributed by atoms with E-state index < -0.39 is 10.0 Å². The molecule has 2 aromatic rings. The van der Waals surface area contributed by atoms with Gasteiger partial charge in [-0.1, -0.05) is 18.2 Å². The minimum Gasteiger partial charge on any atom is -0.496 e. The van der Waals surface area contributed by atoms with Gasteiger partial charge in [-0.15, -0.1) is 0 Å². The molecular formula is C14H17NO5S. The lowest BCUT2D eigenvalue weighted by molar-refractivity contribution is 0.244. The fourth-order valence-corrected chi connectivity index (χ4v) is 3.18. The predicted molar refractivity (Wildman–Crippen MR) is 76.4 cm³/mol. The van der Waals surface area contributed by atoms with Gasteiger partial charge in [0.1, 0.15) is 28.8 Å². The van der Waals surface area contributed by atoms with Crippen LogP contribution in [-0.4, -0.2) is 20.6 Å². The number of methoxy groups -OCH3 is 1. The molecule has 0 aliphatic carbocycles. The Balaban J connectivity index is 2.20. The number of rotatable bonds is 6. The molecule has 21 heavy (non-hydrogen) atoms.